The zero-order chi connectivity index (χ0) is 20.3. The summed E-state index contributed by atoms with van der Waals surface area (Å²) in [6.45, 7) is 8.26. The van der Waals surface area contributed by atoms with Gasteiger partial charge in [0.05, 0.1) is 6.04 Å². The van der Waals surface area contributed by atoms with Crippen LogP contribution in [-0.4, -0.2) is 56.1 Å². The lowest BCUT2D eigenvalue weighted by Crippen LogP contribution is -2.44. The van der Waals surface area contributed by atoms with Crippen molar-refractivity contribution in [2.75, 3.05) is 50.5 Å². The van der Waals surface area contributed by atoms with E-state index in [1.165, 1.54) is 5.69 Å². The van der Waals surface area contributed by atoms with Crippen molar-refractivity contribution in [2.45, 2.75) is 19.9 Å². The van der Waals surface area contributed by atoms with Gasteiger partial charge in [0.1, 0.15) is 0 Å². The molecule has 0 aliphatic carbocycles. The van der Waals surface area contributed by atoms with Gasteiger partial charge in [0.15, 0.2) is 0 Å². The smallest absolute Gasteiger partial charge is 0.322 e. The normalized spacial score (nSPS) is 16.0. The molecule has 1 atom stereocenters. The third kappa shape index (κ3) is 4.78. The van der Waals surface area contributed by atoms with Crippen molar-refractivity contribution in [3.8, 4) is 0 Å². The van der Waals surface area contributed by atoms with Crippen LogP contribution < -0.4 is 10.2 Å². The molecule has 1 aliphatic rings. The number of benzene rings is 2. The number of hydrogen-bond acceptors (Lipinski definition) is 3. The Bertz CT molecular complexity index is 816. The number of rotatable bonds is 4. The Balaban J connectivity index is 1.65. The highest BCUT2D eigenvalue weighted by atomic mass is 35.5. The summed E-state index contributed by atoms with van der Waals surface area (Å²) in [6, 6.07) is 13.7. The van der Waals surface area contributed by atoms with Gasteiger partial charge in [-0.05, 0) is 62.4 Å². The molecule has 0 spiro atoms. The first kappa shape index (κ1) is 20.5. The van der Waals surface area contributed by atoms with Crippen molar-refractivity contribution in [2.24, 2.45) is 0 Å². The quantitative estimate of drug-likeness (QED) is 0.813. The van der Waals surface area contributed by atoms with Crippen LogP contribution in [0.3, 0.4) is 0 Å². The molecule has 2 aromatic carbocycles. The van der Waals surface area contributed by atoms with E-state index in [4.69, 9.17) is 11.6 Å². The third-order valence-electron chi connectivity index (χ3n) is 5.57. The molecule has 0 aromatic heterocycles. The predicted octanol–water partition coefficient (Wildman–Crippen LogP) is 4.63. The van der Waals surface area contributed by atoms with Crippen molar-refractivity contribution >= 4 is 29.0 Å². The first-order valence-electron chi connectivity index (χ1n) is 9.68. The van der Waals surface area contributed by atoms with E-state index in [9.17, 15) is 4.79 Å². The number of halogens is 1. The van der Waals surface area contributed by atoms with Gasteiger partial charge in [0, 0.05) is 49.6 Å². The molecule has 28 heavy (non-hydrogen) atoms. The Hall–Kier alpha value is -2.24. The van der Waals surface area contributed by atoms with E-state index in [2.05, 4.69) is 34.3 Å². The Labute approximate surface area is 172 Å². The van der Waals surface area contributed by atoms with Crippen LogP contribution >= 0.6 is 11.6 Å². The van der Waals surface area contributed by atoms with E-state index in [-0.39, 0.29) is 12.1 Å². The number of hydrogen-bond donors (Lipinski definition) is 1. The van der Waals surface area contributed by atoms with E-state index >= 15 is 0 Å². The Morgan fingerprint density at radius 3 is 2.36 bits per heavy atom. The summed E-state index contributed by atoms with van der Waals surface area (Å²) in [7, 11) is 3.96. The second-order valence-corrected chi connectivity index (χ2v) is 7.99. The highest BCUT2D eigenvalue weighted by Gasteiger charge is 2.19. The number of piperazine rings is 1. The number of aryl methyl sites for hydroxylation is 1. The number of nitrogens with zero attached hydrogens (tertiary/aromatic N) is 3. The van der Waals surface area contributed by atoms with E-state index in [0.29, 0.717) is 5.02 Å². The molecule has 6 heteroatoms. The molecule has 2 amide bonds. The lowest BCUT2D eigenvalue weighted by Gasteiger charge is -2.34. The van der Waals surface area contributed by atoms with Crippen LogP contribution in [0.1, 0.15) is 24.1 Å². The maximum absolute atomic E-state index is 12.7. The fourth-order valence-electron chi connectivity index (χ4n) is 3.39. The first-order chi connectivity index (χ1) is 13.3. The van der Waals surface area contributed by atoms with Crippen molar-refractivity contribution in [1.82, 2.24) is 9.80 Å². The van der Waals surface area contributed by atoms with Gasteiger partial charge < -0.3 is 20.0 Å². The average Bonchev–Trinajstić information content (AvgIpc) is 2.69. The number of carbonyl (C=O) groups excluding carboxylic acids is 1. The number of nitrogens with one attached hydrogen (secondary N) is 1. The predicted molar refractivity (Wildman–Crippen MR) is 118 cm³/mol. The zero-order valence-corrected chi connectivity index (χ0v) is 17.8. The minimum Gasteiger partial charge on any atom is -0.369 e. The third-order valence-corrected chi connectivity index (χ3v) is 5.83. The van der Waals surface area contributed by atoms with Crippen LogP contribution in [0.25, 0.3) is 0 Å². The highest BCUT2D eigenvalue weighted by Crippen LogP contribution is 2.25. The molecule has 2 aromatic rings. The molecule has 150 valence electrons. The van der Waals surface area contributed by atoms with E-state index in [1.807, 2.05) is 51.2 Å². The summed E-state index contributed by atoms with van der Waals surface area (Å²) in [4.78, 5) is 19.2. The standard InChI is InChI=1S/C22H29ClN4O/c1-16-15-20(27-13-11-25(3)12-14-27)9-10-21(16)24-22(28)26(4)17(2)18-5-7-19(23)8-6-18/h5-10,15,17H,11-14H2,1-4H3,(H,24,28)/t17-/m1/s1. The Morgan fingerprint density at radius 1 is 1.11 bits per heavy atom. The SMILES string of the molecule is Cc1cc(N2CCN(C)CC2)ccc1NC(=O)N(C)[C@H](C)c1ccc(Cl)cc1. The topological polar surface area (TPSA) is 38.8 Å². The molecule has 1 heterocycles. The van der Waals surface area contributed by atoms with Crippen LogP contribution in [0.2, 0.25) is 5.02 Å². The lowest BCUT2D eigenvalue weighted by molar-refractivity contribution is 0.208. The van der Waals surface area contributed by atoms with Crippen LogP contribution in [0.5, 0.6) is 0 Å². The van der Waals surface area contributed by atoms with Gasteiger partial charge in [-0.3, -0.25) is 0 Å². The molecule has 0 radical (unpaired) electrons. The van der Waals surface area contributed by atoms with Crippen LogP contribution in [0.15, 0.2) is 42.5 Å². The molecule has 0 saturated carbocycles. The monoisotopic (exact) mass is 400 g/mol. The van der Waals surface area contributed by atoms with Gasteiger partial charge in [-0.15, -0.1) is 0 Å². The van der Waals surface area contributed by atoms with Crippen molar-refractivity contribution in [3.63, 3.8) is 0 Å². The molecule has 0 unspecified atom stereocenters. The van der Waals surface area contributed by atoms with E-state index in [0.717, 1.165) is 43.0 Å². The summed E-state index contributed by atoms with van der Waals surface area (Å²) in [6.07, 6.45) is 0. The van der Waals surface area contributed by atoms with Crippen LogP contribution in [-0.2, 0) is 0 Å². The fourth-order valence-corrected chi connectivity index (χ4v) is 3.52. The summed E-state index contributed by atoms with van der Waals surface area (Å²) < 4.78 is 0. The largest absolute Gasteiger partial charge is 0.369 e. The minimum absolute atomic E-state index is 0.0535. The molecule has 1 saturated heterocycles. The van der Waals surface area contributed by atoms with Gasteiger partial charge in [-0.2, -0.15) is 0 Å². The molecule has 3 rings (SSSR count). The zero-order valence-electron chi connectivity index (χ0n) is 17.1. The molecule has 1 N–H and O–H groups in total. The van der Waals surface area contributed by atoms with Crippen molar-refractivity contribution in [3.05, 3.63) is 58.6 Å². The van der Waals surface area contributed by atoms with Crippen LogP contribution in [0.4, 0.5) is 16.2 Å². The molecule has 0 bridgehead atoms. The van der Waals surface area contributed by atoms with Gasteiger partial charge in [-0.25, -0.2) is 4.79 Å². The van der Waals surface area contributed by atoms with Crippen molar-refractivity contribution in [1.29, 1.82) is 0 Å². The number of carbonyl (C=O) groups is 1. The second kappa shape index (κ2) is 8.84. The lowest BCUT2D eigenvalue weighted by atomic mass is 10.1. The molecule has 1 aliphatic heterocycles. The maximum atomic E-state index is 12.7. The van der Waals surface area contributed by atoms with Crippen LogP contribution in [0, 0.1) is 6.92 Å². The van der Waals surface area contributed by atoms with Gasteiger partial charge >= 0.3 is 6.03 Å². The average molecular weight is 401 g/mol. The first-order valence-corrected chi connectivity index (χ1v) is 10.1. The van der Waals surface area contributed by atoms with E-state index < -0.39 is 0 Å². The second-order valence-electron chi connectivity index (χ2n) is 7.56. The summed E-state index contributed by atoms with van der Waals surface area (Å²) >= 11 is 5.96. The fraction of sp³-hybridized carbons (Fsp3) is 0.409. The molecular weight excluding hydrogens is 372 g/mol. The molecular formula is C22H29ClN4O. The molecule has 5 nitrogen and oxygen atoms in total. The summed E-state index contributed by atoms with van der Waals surface area (Å²) in [5.74, 6) is 0. The van der Waals surface area contributed by atoms with Gasteiger partial charge in [-0.1, -0.05) is 23.7 Å². The Morgan fingerprint density at radius 2 is 1.75 bits per heavy atom. The Kier molecular flexibility index (Phi) is 6.47. The molecule has 1 fully saturated rings. The van der Waals surface area contributed by atoms with E-state index in [1.54, 1.807) is 4.90 Å². The van der Waals surface area contributed by atoms with Gasteiger partial charge in [0.25, 0.3) is 0 Å². The highest BCUT2D eigenvalue weighted by molar-refractivity contribution is 6.30. The minimum atomic E-state index is -0.127. The number of anilines is 2. The number of amides is 2. The number of urea groups is 1. The maximum Gasteiger partial charge on any atom is 0.322 e. The summed E-state index contributed by atoms with van der Waals surface area (Å²) in [5.41, 5.74) is 4.17. The van der Waals surface area contributed by atoms with Crippen molar-refractivity contribution < 1.29 is 4.79 Å². The number of likely N-dealkylation sites (N-methyl/N-ethyl adjacent to an activating group) is 1. The summed E-state index contributed by atoms with van der Waals surface area (Å²) in [5, 5.41) is 3.74. The van der Waals surface area contributed by atoms with Gasteiger partial charge in [0.2, 0.25) is 0 Å².